The van der Waals surface area contributed by atoms with E-state index in [1.54, 1.807) is 36.4 Å². The van der Waals surface area contributed by atoms with E-state index >= 15 is 0 Å². The highest BCUT2D eigenvalue weighted by Crippen LogP contribution is 2.33. The highest BCUT2D eigenvalue weighted by atomic mass is 79.9. The molecule has 4 rings (SSSR count). The Hall–Kier alpha value is -2.11. The molecule has 3 nitrogen and oxygen atoms in total. The largest absolute Gasteiger partial charge is 0.321 e. The number of carbonyl (C=O) groups is 1. The first-order valence-corrected chi connectivity index (χ1v) is 10.9. The summed E-state index contributed by atoms with van der Waals surface area (Å²) in [5, 5.41) is 4.89. The molecule has 1 amide bonds. The van der Waals surface area contributed by atoms with Gasteiger partial charge >= 0.3 is 0 Å². The van der Waals surface area contributed by atoms with E-state index in [-0.39, 0.29) is 5.91 Å². The Balaban J connectivity index is 1.89. The Morgan fingerprint density at radius 1 is 1.00 bits per heavy atom. The number of nitrogens with one attached hydrogen (secondary N) is 1. The normalized spacial score (nSPS) is 11.0. The number of rotatable bonds is 3. The van der Waals surface area contributed by atoms with E-state index in [1.165, 1.54) is 0 Å². The van der Waals surface area contributed by atoms with Crippen molar-refractivity contribution in [3.63, 3.8) is 0 Å². The van der Waals surface area contributed by atoms with E-state index in [2.05, 4.69) is 21.2 Å². The molecule has 0 fully saturated rings. The van der Waals surface area contributed by atoms with E-state index in [0.29, 0.717) is 32.0 Å². The molecule has 7 heteroatoms. The van der Waals surface area contributed by atoms with Crippen molar-refractivity contribution < 1.29 is 4.79 Å². The van der Waals surface area contributed by atoms with Gasteiger partial charge in [0, 0.05) is 20.4 Å². The van der Waals surface area contributed by atoms with Gasteiger partial charge in [-0.15, -0.1) is 0 Å². The Bertz CT molecular complexity index is 1290. The molecule has 0 unspecified atom stereocenters. The number of benzene rings is 3. The Morgan fingerprint density at radius 3 is 2.47 bits per heavy atom. The number of pyridine rings is 1. The fourth-order valence-corrected chi connectivity index (χ4v) is 4.25. The number of aromatic nitrogens is 1. The van der Waals surface area contributed by atoms with Gasteiger partial charge in [-0.3, -0.25) is 4.79 Å². The summed E-state index contributed by atoms with van der Waals surface area (Å²) in [7, 11) is 0. The third-order valence-electron chi connectivity index (χ3n) is 4.65. The summed E-state index contributed by atoms with van der Waals surface area (Å²) in [6, 6.07) is 18.1. The van der Waals surface area contributed by atoms with Gasteiger partial charge in [0.15, 0.2) is 0 Å². The van der Waals surface area contributed by atoms with Crippen LogP contribution in [0.5, 0.6) is 0 Å². The fourth-order valence-electron chi connectivity index (χ4n) is 3.20. The molecule has 0 radical (unpaired) electrons. The molecule has 0 spiro atoms. The molecule has 150 valence electrons. The molecule has 0 saturated carbocycles. The SMILES string of the molecule is Cc1cc(Br)cc2c(C(=O)Nc3cccc(Cl)c3Cl)cc(-c3ccc(Cl)cc3)nc12. The molecule has 1 aromatic heterocycles. The monoisotopic (exact) mass is 518 g/mol. The molecule has 0 aliphatic rings. The molecule has 3 aromatic carbocycles. The third-order valence-corrected chi connectivity index (χ3v) is 6.18. The van der Waals surface area contributed by atoms with Crippen LogP contribution in [0.15, 0.2) is 65.1 Å². The number of aryl methyl sites for hydroxylation is 1. The van der Waals surface area contributed by atoms with Crippen molar-refractivity contribution in [3.05, 3.63) is 91.3 Å². The second-order valence-electron chi connectivity index (χ2n) is 6.74. The van der Waals surface area contributed by atoms with E-state index < -0.39 is 0 Å². The summed E-state index contributed by atoms with van der Waals surface area (Å²) in [6.45, 7) is 1.96. The number of hydrogen-bond acceptors (Lipinski definition) is 2. The lowest BCUT2D eigenvalue weighted by Crippen LogP contribution is -2.13. The van der Waals surface area contributed by atoms with Crippen LogP contribution < -0.4 is 5.32 Å². The van der Waals surface area contributed by atoms with Crippen molar-refractivity contribution in [2.24, 2.45) is 0 Å². The maximum absolute atomic E-state index is 13.3. The topological polar surface area (TPSA) is 42.0 Å². The first kappa shape index (κ1) is 21.1. The van der Waals surface area contributed by atoms with Crippen molar-refractivity contribution in [2.45, 2.75) is 6.92 Å². The van der Waals surface area contributed by atoms with Crippen LogP contribution in [-0.4, -0.2) is 10.9 Å². The molecule has 1 heterocycles. The maximum Gasteiger partial charge on any atom is 0.256 e. The van der Waals surface area contributed by atoms with Crippen molar-refractivity contribution >= 4 is 73.2 Å². The molecular formula is C23H14BrCl3N2O. The van der Waals surface area contributed by atoms with Gasteiger partial charge < -0.3 is 5.32 Å². The van der Waals surface area contributed by atoms with Crippen LogP contribution in [0, 0.1) is 6.92 Å². The summed E-state index contributed by atoms with van der Waals surface area (Å²) in [5.74, 6) is -0.306. The minimum absolute atomic E-state index is 0.293. The van der Waals surface area contributed by atoms with Gasteiger partial charge in [0.2, 0.25) is 0 Å². The summed E-state index contributed by atoms with van der Waals surface area (Å²) in [4.78, 5) is 18.1. The second kappa shape index (κ2) is 8.56. The van der Waals surface area contributed by atoms with Crippen LogP contribution in [0.2, 0.25) is 15.1 Å². The summed E-state index contributed by atoms with van der Waals surface area (Å²) < 4.78 is 0.864. The van der Waals surface area contributed by atoms with Crippen LogP contribution in [0.4, 0.5) is 5.69 Å². The highest BCUT2D eigenvalue weighted by Gasteiger charge is 2.17. The molecule has 0 aliphatic carbocycles. The van der Waals surface area contributed by atoms with Gasteiger partial charge in [-0.05, 0) is 55.0 Å². The van der Waals surface area contributed by atoms with Gasteiger partial charge in [-0.2, -0.15) is 0 Å². The molecule has 0 bridgehead atoms. The zero-order valence-corrected chi connectivity index (χ0v) is 19.5. The zero-order valence-electron chi connectivity index (χ0n) is 15.6. The highest BCUT2D eigenvalue weighted by molar-refractivity contribution is 9.10. The van der Waals surface area contributed by atoms with Crippen molar-refractivity contribution in [1.29, 1.82) is 0 Å². The maximum atomic E-state index is 13.3. The van der Waals surface area contributed by atoms with Crippen LogP contribution in [0.25, 0.3) is 22.2 Å². The van der Waals surface area contributed by atoms with Crippen LogP contribution in [0.1, 0.15) is 15.9 Å². The standard InChI is InChI=1S/C23H14BrCl3N2O/c1-12-9-14(24)10-16-17(23(30)29-19-4-2-3-18(26)21(19)27)11-20(28-22(12)16)13-5-7-15(25)8-6-13/h2-11H,1H3,(H,29,30). The van der Waals surface area contributed by atoms with Crippen molar-refractivity contribution in [1.82, 2.24) is 4.98 Å². The number of amides is 1. The van der Waals surface area contributed by atoms with Crippen LogP contribution >= 0.6 is 50.7 Å². The van der Waals surface area contributed by atoms with E-state index in [0.717, 1.165) is 26.5 Å². The Kier molecular flexibility index (Phi) is 6.03. The van der Waals surface area contributed by atoms with Crippen LogP contribution in [-0.2, 0) is 0 Å². The number of anilines is 1. The van der Waals surface area contributed by atoms with E-state index in [1.807, 2.05) is 31.2 Å². The molecule has 0 saturated heterocycles. The second-order valence-corrected chi connectivity index (χ2v) is 8.87. The average Bonchev–Trinajstić information content (AvgIpc) is 2.71. The molecule has 1 N–H and O–H groups in total. The Morgan fingerprint density at radius 2 is 1.73 bits per heavy atom. The van der Waals surface area contributed by atoms with Crippen LogP contribution in [0.3, 0.4) is 0 Å². The third kappa shape index (κ3) is 4.19. The predicted molar refractivity (Wildman–Crippen MR) is 129 cm³/mol. The van der Waals surface area contributed by atoms with E-state index in [9.17, 15) is 4.79 Å². The summed E-state index contributed by atoms with van der Waals surface area (Å²) in [6.07, 6.45) is 0. The summed E-state index contributed by atoms with van der Waals surface area (Å²) in [5.41, 5.74) is 4.15. The number of fused-ring (bicyclic) bond motifs is 1. The van der Waals surface area contributed by atoms with Gasteiger partial charge in [0.05, 0.1) is 32.5 Å². The quantitative estimate of drug-likeness (QED) is 0.296. The van der Waals surface area contributed by atoms with Gasteiger partial charge in [-0.25, -0.2) is 4.98 Å². The minimum Gasteiger partial charge on any atom is -0.321 e. The average molecular weight is 521 g/mol. The number of halogens is 4. The first-order valence-electron chi connectivity index (χ1n) is 8.95. The van der Waals surface area contributed by atoms with E-state index in [4.69, 9.17) is 39.8 Å². The Labute approximate surface area is 197 Å². The summed E-state index contributed by atoms with van der Waals surface area (Å²) >= 11 is 21.9. The number of hydrogen-bond donors (Lipinski definition) is 1. The lowest BCUT2D eigenvalue weighted by molar-refractivity contribution is 0.102. The fraction of sp³-hybridized carbons (Fsp3) is 0.0435. The van der Waals surface area contributed by atoms with Gasteiger partial charge in [0.25, 0.3) is 5.91 Å². The first-order chi connectivity index (χ1) is 14.3. The minimum atomic E-state index is -0.306. The van der Waals surface area contributed by atoms with Crippen molar-refractivity contribution in [2.75, 3.05) is 5.32 Å². The molecule has 0 aliphatic heterocycles. The molecule has 30 heavy (non-hydrogen) atoms. The lowest BCUT2D eigenvalue weighted by atomic mass is 10.0. The zero-order chi connectivity index (χ0) is 21.4. The lowest BCUT2D eigenvalue weighted by Gasteiger charge is -2.13. The molecule has 0 atom stereocenters. The number of nitrogens with zero attached hydrogens (tertiary/aromatic N) is 1. The molecular weight excluding hydrogens is 507 g/mol. The smallest absolute Gasteiger partial charge is 0.256 e. The van der Waals surface area contributed by atoms with Gasteiger partial charge in [-0.1, -0.05) is 68.9 Å². The van der Waals surface area contributed by atoms with Gasteiger partial charge in [0.1, 0.15) is 0 Å². The molecule has 4 aromatic rings. The van der Waals surface area contributed by atoms with Crippen molar-refractivity contribution in [3.8, 4) is 11.3 Å². The predicted octanol–water partition coefficient (Wildman–Crippen LogP) is 8.19. The number of carbonyl (C=O) groups excluding carboxylic acids is 1.